The van der Waals surface area contributed by atoms with Crippen molar-refractivity contribution in [2.24, 2.45) is 0 Å². The van der Waals surface area contributed by atoms with E-state index in [9.17, 15) is 0 Å². The van der Waals surface area contributed by atoms with Gasteiger partial charge in [0.2, 0.25) is 13.3 Å². The van der Waals surface area contributed by atoms with Gasteiger partial charge in [-0.15, -0.1) is 0 Å². The first-order valence-corrected chi connectivity index (χ1v) is 6.80. The largest absolute Gasteiger partial charge is 0.293 e. The molecular weight excluding hydrogens is 198 g/mol. The quantitative estimate of drug-likeness (QED) is 0.640. The van der Waals surface area contributed by atoms with Crippen LogP contribution in [0.1, 0.15) is 27.7 Å². The van der Waals surface area contributed by atoms with Crippen LogP contribution in [0, 0.1) is 0 Å². The molecule has 0 unspecified atom stereocenters. The molecule has 3 nitrogen and oxygen atoms in total. The van der Waals surface area contributed by atoms with E-state index in [1.54, 1.807) is 0 Å². The van der Waals surface area contributed by atoms with Gasteiger partial charge in [0, 0.05) is 18.6 Å². The first-order valence-electron chi connectivity index (χ1n) is 6.80. The van der Waals surface area contributed by atoms with E-state index in [1.165, 1.54) is 48.5 Å². The summed E-state index contributed by atoms with van der Waals surface area (Å²) in [5.74, 6) is 0. The summed E-state index contributed by atoms with van der Waals surface area (Å²) < 4.78 is 2.73. The molecule has 3 aliphatic heterocycles. The summed E-state index contributed by atoms with van der Waals surface area (Å²) in [6, 6.07) is 1.37. The first-order chi connectivity index (χ1) is 7.36. The van der Waals surface area contributed by atoms with Crippen molar-refractivity contribution in [3.8, 4) is 0 Å². The summed E-state index contributed by atoms with van der Waals surface area (Å²) in [6.45, 7) is 17.5. The van der Waals surface area contributed by atoms with Crippen molar-refractivity contribution in [3.63, 3.8) is 0 Å². The van der Waals surface area contributed by atoms with Crippen LogP contribution in [0.15, 0.2) is 0 Å². The van der Waals surface area contributed by atoms with Crippen LogP contribution in [0.4, 0.5) is 0 Å². The maximum Gasteiger partial charge on any atom is 0.216 e. The summed E-state index contributed by atoms with van der Waals surface area (Å²) in [5, 5.41) is 0. The summed E-state index contributed by atoms with van der Waals surface area (Å²) >= 11 is 0. The van der Waals surface area contributed by atoms with Crippen molar-refractivity contribution in [2.75, 3.05) is 46.6 Å². The Morgan fingerprint density at radius 1 is 1.00 bits per heavy atom. The highest BCUT2D eigenvalue weighted by Crippen LogP contribution is 2.34. The lowest BCUT2D eigenvalue weighted by atomic mass is 10.2. The Labute approximate surface area is 101 Å². The highest BCUT2D eigenvalue weighted by Gasteiger charge is 2.60. The second kappa shape index (κ2) is 3.97. The van der Waals surface area contributed by atoms with Crippen LogP contribution in [-0.4, -0.2) is 72.5 Å². The normalized spacial score (nSPS) is 37.5. The number of rotatable bonds is 5. The highest BCUT2D eigenvalue weighted by atomic mass is 15.7. The van der Waals surface area contributed by atoms with Gasteiger partial charge in [0.25, 0.3) is 0 Å². The average Bonchev–Trinajstić information content (AvgIpc) is 2.57. The Balaban J connectivity index is 1.83. The third kappa shape index (κ3) is 2.13. The molecule has 0 saturated carbocycles. The van der Waals surface area contributed by atoms with Crippen LogP contribution in [0.2, 0.25) is 0 Å². The number of hydrogen-bond donors (Lipinski definition) is 0. The minimum atomic E-state index is 0.683. The molecular formula is C13H29N3+2. The number of fused-ring (bicyclic) bond motifs is 1. The fourth-order valence-electron chi connectivity index (χ4n) is 3.84. The predicted octanol–water partition coefficient (Wildman–Crippen LogP) is 1.31. The fraction of sp³-hybridized carbons (Fsp3) is 1.00. The van der Waals surface area contributed by atoms with Crippen molar-refractivity contribution in [3.05, 3.63) is 0 Å². The highest BCUT2D eigenvalue weighted by molar-refractivity contribution is 4.68. The van der Waals surface area contributed by atoms with Gasteiger partial charge in [-0.25, -0.2) is 8.97 Å². The molecule has 0 radical (unpaired) electrons. The number of likely N-dealkylation sites (N-methyl/N-ethyl adjacent to an activating group) is 1. The van der Waals surface area contributed by atoms with E-state index in [0.717, 1.165) is 0 Å². The standard InChI is InChI=1S/C13H29N3/c1-12(2)14(13(3)4)6-7-16-9-8-15(5,10-16)11-16/h12-13H,6-11H2,1-5H3/q+2. The topological polar surface area (TPSA) is 3.24 Å². The van der Waals surface area contributed by atoms with Crippen LogP contribution >= 0.6 is 0 Å². The SMILES string of the molecule is CC(C)N(CC[N+]12CC[N+](C)(C1)C2)C(C)C. The van der Waals surface area contributed by atoms with Gasteiger partial charge in [-0.3, -0.25) is 4.90 Å². The lowest BCUT2D eigenvalue weighted by Gasteiger charge is -2.46. The number of hydrogen-bond acceptors (Lipinski definition) is 1. The van der Waals surface area contributed by atoms with Crippen molar-refractivity contribution in [2.45, 2.75) is 39.8 Å². The smallest absolute Gasteiger partial charge is 0.216 e. The fourth-order valence-corrected chi connectivity index (χ4v) is 3.84. The van der Waals surface area contributed by atoms with Crippen LogP contribution < -0.4 is 0 Å². The predicted molar refractivity (Wildman–Crippen MR) is 67.8 cm³/mol. The molecule has 3 fully saturated rings. The van der Waals surface area contributed by atoms with E-state index < -0.39 is 0 Å². The zero-order valence-electron chi connectivity index (χ0n) is 11.7. The van der Waals surface area contributed by atoms with Gasteiger partial charge in [0.15, 0.2) is 0 Å². The third-order valence-corrected chi connectivity index (χ3v) is 4.56. The molecule has 0 amide bonds. The Bertz CT molecular complexity index is 246. The van der Waals surface area contributed by atoms with E-state index in [2.05, 4.69) is 39.6 Å². The van der Waals surface area contributed by atoms with E-state index in [1.807, 2.05) is 0 Å². The van der Waals surface area contributed by atoms with Gasteiger partial charge in [-0.2, -0.15) is 0 Å². The van der Waals surface area contributed by atoms with Gasteiger partial charge in [-0.1, -0.05) is 0 Å². The van der Waals surface area contributed by atoms with E-state index in [4.69, 9.17) is 0 Å². The molecule has 0 spiro atoms. The van der Waals surface area contributed by atoms with Crippen LogP contribution in [0.25, 0.3) is 0 Å². The maximum absolute atomic E-state index is 2.63. The molecule has 0 atom stereocenters. The molecule has 94 valence electrons. The Kier molecular flexibility index (Phi) is 3.06. The first kappa shape index (κ1) is 12.3. The lowest BCUT2D eigenvalue weighted by Crippen LogP contribution is -2.69. The molecule has 0 aromatic rings. The van der Waals surface area contributed by atoms with Crippen molar-refractivity contribution in [1.82, 2.24) is 4.90 Å². The molecule has 0 aromatic heterocycles. The molecule has 3 heterocycles. The van der Waals surface area contributed by atoms with Crippen LogP contribution in [0.5, 0.6) is 0 Å². The molecule has 0 N–H and O–H groups in total. The number of nitrogens with zero attached hydrogens (tertiary/aromatic N) is 3. The lowest BCUT2D eigenvalue weighted by molar-refractivity contribution is -1.21. The van der Waals surface area contributed by atoms with Gasteiger partial charge in [0.1, 0.15) is 19.6 Å². The third-order valence-electron chi connectivity index (χ3n) is 4.56. The zero-order chi connectivity index (χ0) is 12.0. The molecule has 3 aliphatic rings. The van der Waals surface area contributed by atoms with Gasteiger partial charge in [-0.05, 0) is 27.7 Å². The summed E-state index contributed by atoms with van der Waals surface area (Å²) in [7, 11) is 2.41. The summed E-state index contributed by atoms with van der Waals surface area (Å²) in [6.07, 6.45) is 0. The second-order valence-electron chi connectivity index (χ2n) is 6.84. The molecule has 0 aromatic carbocycles. The van der Waals surface area contributed by atoms with Crippen molar-refractivity contribution >= 4 is 0 Å². The minimum Gasteiger partial charge on any atom is -0.293 e. The van der Waals surface area contributed by atoms with Gasteiger partial charge in [0.05, 0.1) is 7.05 Å². The zero-order valence-corrected chi connectivity index (χ0v) is 11.7. The van der Waals surface area contributed by atoms with Crippen molar-refractivity contribution < 1.29 is 8.97 Å². The Morgan fingerprint density at radius 2 is 1.56 bits per heavy atom. The number of quaternary nitrogens is 2. The van der Waals surface area contributed by atoms with E-state index >= 15 is 0 Å². The summed E-state index contributed by atoms with van der Waals surface area (Å²) in [5.41, 5.74) is 0. The maximum atomic E-state index is 2.63. The van der Waals surface area contributed by atoms with Crippen LogP contribution in [-0.2, 0) is 0 Å². The monoisotopic (exact) mass is 227 g/mol. The van der Waals surface area contributed by atoms with Gasteiger partial charge < -0.3 is 0 Å². The minimum absolute atomic E-state index is 0.683. The van der Waals surface area contributed by atoms with Gasteiger partial charge >= 0.3 is 0 Å². The Hall–Kier alpha value is -0.120. The summed E-state index contributed by atoms with van der Waals surface area (Å²) in [4.78, 5) is 2.63. The second-order valence-corrected chi connectivity index (χ2v) is 6.84. The molecule has 16 heavy (non-hydrogen) atoms. The molecule has 2 bridgehead atoms. The molecule has 3 saturated heterocycles. The molecule has 3 rings (SSSR count). The van der Waals surface area contributed by atoms with Crippen molar-refractivity contribution in [1.29, 1.82) is 0 Å². The molecule has 0 aliphatic carbocycles. The van der Waals surface area contributed by atoms with Crippen LogP contribution in [0.3, 0.4) is 0 Å². The van der Waals surface area contributed by atoms with E-state index in [0.29, 0.717) is 12.1 Å². The molecule has 3 heteroatoms. The average molecular weight is 227 g/mol. The Morgan fingerprint density at radius 3 is 1.94 bits per heavy atom. The van der Waals surface area contributed by atoms with E-state index in [-0.39, 0.29) is 0 Å².